The van der Waals surface area contributed by atoms with Crippen LogP contribution in [-0.2, 0) is 0 Å². The van der Waals surface area contributed by atoms with Gasteiger partial charge >= 0.3 is 0 Å². The predicted molar refractivity (Wildman–Crippen MR) is 93.1 cm³/mol. The van der Waals surface area contributed by atoms with Gasteiger partial charge in [0.1, 0.15) is 5.75 Å². The molecule has 1 N–H and O–H groups in total. The third kappa shape index (κ3) is 3.17. The number of amides is 1. The zero-order valence-electron chi connectivity index (χ0n) is 13.8. The number of piperidine rings is 1. The highest BCUT2D eigenvalue weighted by atomic mass is 16.5. The van der Waals surface area contributed by atoms with Gasteiger partial charge < -0.3 is 15.0 Å². The zero-order chi connectivity index (χ0) is 16.2. The van der Waals surface area contributed by atoms with Gasteiger partial charge in [-0.15, -0.1) is 0 Å². The maximum absolute atomic E-state index is 13.0. The van der Waals surface area contributed by atoms with E-state index >= 15 is 0 Å². The molecule has 1 amide bonds. The van der Waals surface area contributed by atoms with Crippen LogP contribution >= 0.6 is 0 Å². The molecule has 0 bridgehead atoms. The van der Waals surface area contributed by atoms with Crippen molar-refractivity contribution in [3.05, 3.63) is 42.0 Å². The molecule has 0 radical (unpaired) electrons. The van der Waals surface area contributed by atoms with E-state index in [9.17, 15) is 4.79 Å². The Labute approximate surface area is 137 Å². The summed E-state index contributed by atoms with van der Waals surface area (Å²) in [5.41, 5.74) is 0.770. The van der Waals surface area contributed by atoms with E-state index in [0.29, 0.717) is 5.92 Å². The third-order valence-corrected chi connectivity index (χ3v) is 4.63. The van der Waals surface area contributed by atoms with Crippen molar-refractivity contribution in [2.75, 3.05) is 33.8 Å². The van der Waals surface area contributed by atoms with E-state index in [2.05, 4.69) is 5.32 Å². The summed E-state index contributed by atoms with van der Waals surface area (Å²) < 4.78 is 5.42. The number of carbonyl (C=O) groups excluding carboxylic acids is 1. The van der Waals surface area contributed by atoms with Crippen molar-refractivity contribution in [3.63, 3.8) is 0 Å². The lowest BCUT2D eigenvalue weighted by Crippen LogP contribution is -2.42. The van der Waals surface area contributed by atoms with E-state index in [1.54, 1.807) is 7.11 Å². The fourth-order valence-corrected chi connectivity index (χ4v) is 3.51. The Kier molecular flexibility index (Phi) is 4.82. The fraction of sp³-hybridized carbons (Fsp3) is 0.421. The molecule has 1 saturated heterocycles. The molecule has 4 nitrogen and oxygen atoms in total. The van der Waals surface area contributed by atoms with Crippen LogP contribution in [0, 0.1) is 5.92 Å². The summed E-state index contributed by atoms with van der Waals surface area (Å²) in [6.45, 7) is 2.65. The molecular weight excluding hydrogens is 288 g/mol. The minimum absolute atomic E-state index is 0.129. The molecule has 1 unspecified atom stereocenters. The lowest BCUT2D eigenvalue weighted by molar-refractivity contribution is 0.0676. The molecule has 1 aliphatic rings. The number of likely N-dealkylation sites (tertiary alicyclic amines) is 1. The molecule has 122 valence electrons. The molecule has 2 aromatic carbocycles. The van der Waals surface area contributed by atoms with Crippen LogP contribution < -0.4 is 10.1 Å². The molecule has 2 aromatic rings. The number of carbonyl (C=O) groups is 1. The molecule has 4 heteroatoms. The normalized spacial score (nSPS) is 18.2. The summed E-state index contributed by atoms with van der Waals surface area (Å²) in [7, 11) is 3.63. The Morgan fingerprint density at radius 2 is 2.04 bits per heavy atom. The van der Waals surface area contributed by atoms with Crippen molar-refractivity contribution in [2.24, 2.45) is 5.92 Å². The lowest BCUT2D eigenvalue weighted by Gasteiger charge is -2.33. The van der Waals surface area contributed by atoms with Crippen LogP contribution in [0.3, 0.4) is 0 Å². The minimum atomic E-state index is 0.129. The third-order valence-electron chi connectivity index (χ3n) is 4.63. The smallest absolute Gasteiger partial charge is 0.254 e. The van der Waals surface area contributed by atoms with Crippen LogP contribution in [0.1, 0.15) is 23.2 Å². The summed E-state index contributed by atoms with van der Waals surface area (Å²) in [6, 6.07) is 11.7. The first-order valence-electron chi connectivity index (χ1n) is 8.24. The van der Waals surface area contributed by atoms with Crippen molar-refractivity contribution in [3.8, 4) is 5.75 Å². The molecule has 0 saturated carbocycles. The highest BCUT2D eigenvalue weighted by molar-refractivity contribution is 6.08. The molecule has 3 rings (SSSR count). The summed E-state index contributed by atoms with van der Waals surface area (Å²) in [4.78, 5) is 15.0. The van der Waals surface area contributed by atoms with Gasteiger partial charge in [-0.1, -0.05) is 24.3 Å². The first-order chi connectivity index (χ1) is 11.2. The second kappa shape index (κ2) is 7.01. The second-order valence-corrected chi connectivity index (χ2v) is 6.18. The molecule has 1 aliphatic heterocycles. The zero-order valence-corrected chi connectivity index (χ0v) is 13.8. The fourth-order valence-electron chi connectivity index (χ4n) is 3.51. The highest BCUT2D eigenvalue weighted by Gasteiger charge is 2.25. The summed E-state index contributed by atoms with van der Waals surface area (Å²) in [6.07, 6.45) is 2.26. The van der Waals surface area contributed by atoms with Crippen molar-refractivity contribution in [1.82, 2.24) is 10.2 Å². The lowest BCUT2D eigenvalue weighted by atomic mass is 9.96. The molecule has 1 fully saturated rings. The van der Waals surface area contributed by atoms with Gasteiger partial charge in [-0.3, -0.25) is 4.79 Å². The van der Waals surface area contributed by atoms with Crippen LogP contribution in [0.25, 0.3) is 10.8 Å². The maximum Gasteiger partial charge on any atom is 0.254 e. The number of fused-ring (bicyclic) bond motifs is 1. The van der Waals surface area contributed by atoms with E-state index in [4.69, 9.17) is 4.74 Å². The largest absolute Gasteiger partial charge is 0.496 e. The van der Waals surface area contributed by atoms with Gasteiger partial charge in [0.2, 0.25) is 0 Å². The molecule has 0 spiro atoms. The summed E-state index contributed by atoms with van der Waals surface area (Å²) in [5.74, 6) is 1.48. The molecule has 1 atom stereocenters. The number of nitrogens with zero attached hydrogens (tertiary/aromatic N) is 1. The van der Waals surface area contributed by atoms with Crippen molar-refractivity contribution < 1.29 is 9.53 Å². The van der Waals surface area contributed by atoms with Crippen molar-refractivity contribution >= 4 is 16.7 Å². The van der Waals surface area contributed by atoms with E-state index in [-0.39, 0.29) is 5.91 Å². The van der Waals surface area contributed by atoms with E-state index in [0.717, 1.165) is 48.1 Å². The standard InChI is InChI=1S/C19H24N2O2/c1-20-12-14-6-5-11-21(13-14)19(22)17-9-10-18(23-2)16-8-4-3-7-15(16)17/h3-4,7-10,14,20H,5-6,11-13H2,1-2H3. The molecular formula is C19H24N2O2. The number of hydrogen-bond acceptors (Lipinski definition) is 3. The average molecular weight is 312 g/mol. The monoisotopic (exact) mass is 312 g/mol. The topological polar surface area (TPSA) is 41.6 Å². The number of methoxy groups -OCH3 is 1. The van der Waals surface area contributed by atoms with Crippen LogP contribution in [0.2, 0.25) is 0 Å². The minimum Gasteiger partial charge on any atom is -0.496 e. The van der Waals surface area contributed by atoms with Crippen molar-refractivity contribution in [1.29, 1.82) is 0 Å². The van der Waals surface area contributed by atoms with Gasteiger partial charge in [-0.25, -0.2) is 0 Å². The van der Waals surface area contributed by atoms with Gasteiger partial charge in [-0.05, 0) is 49.9 Å². The van der Waals surface area contributed by atoms with Gasteiger partial charge in [0.25, 0.3) is 5.91 Å². The van der Waals surface area contributed by atoms with Gasteiger partial charge in [0.05, 0.1) is 7.11 Å². The molecule has 0 aromatic heterocycles. The Balaban J connectivity index is 1.92. The van der Waals surface area contributed by atoms with Crippen LogP contribution in [-0.4, -0.2) is 44.6 Å². The number of hydrogen-bond donors (Lipinski definition) is 1. The Hall–Kier alpha value is -2.07. The second-order valence-electron chi connectivity index (χ2n) is 6.18. The van der Waals surface area contributed by atoms with Crippen molar-refractivity contribution in [2.45, 2.75) is 12.8 Å². The van der Waals surface area contributed by atoms with Crippen LogP contribution in [0.15, 0.2) is 36.4 Å². The van der Waals surface area contributed by atoms with E-state index in [1.807, 2.05) is 48.3 Å². The van der Waals surface area contributed by atoms with Gasteiger partial charge in [-0.2, -0.15) is 0 Å². The number of rotatable bonds is 4. The predicted octanol–water partition coefficient (Wildman–Crippen LogP) is 2.92. The van der Waals surface area contributed by atoms with E-state index in [1.165, 1.54) is 6.42 Å². The summed E-state index contributed by atoms with van der Waals surface area (Å²) in [5, 5.41) is 5.18. The Morgan fingerprint density at radius 3 is 2.78 bits per heavy atom. The summed E-state index contributed by atoms with van der Waals surface area (Å²) >= 11 is 0. The first-order valence-corrected chi connectivity index (χ1v) is 8.24. The van der Waals surface area contributed by atoms with E-state index < -0.39 is 0 Å². The number of ether oxygens (including phenoxy) is 1. The number of benzene rings is 2. The maximum atomic E-state index is 13.0. The van der Waals surface area contributed by atoms with Crippen LogP contribution in [0.5, 0.6) is 5.75 Å². The van der Waals surface area contributed by atoms with Gasteiger partial charge in [0, 0.05) is 24.0 Å². The SMILES string of the molecule is CNCC1CCCN(C(=O)c2ccc(OC)c3ccccc23)C1. The molecule has 23 heavy (non-hydrogen) atoms. The Morgan fingerprint density at radius 1 is 1.26 bits per heavy atom. The first kappa shape index (κ1) is 15.8. The highest BCUT2D eigenvalue weighted by Crippen LogP contribution is 2.30. The quantitative estimate of drug-likeness (QED) is 0.944. The number of nitrogens with one attached hydrogen (secondary N) is 1. The Bertz CT molecular complexity index is 697. The molecule has 0 aliphatic carbocycles. The van der Waals surface area contributed by atoms with Gasteiger partial charge in [0.15, 0.2) is 0 Å². The average Bonchev–Trinajstić information content (AvgIpc) is 2.61. The molecule has 1 heterocycles. The van der Waals surface area contributed by atoms with Crippen LogP contribution in [0.4, 0.5) is 0 Å².